The van der Waals surface area contributed by atoms with Crippen molar-refractivity contribution in [3.05, 3.63) is 147 Å². The van der Waals surface area contributed by atoms with E-state index in [1.165, 1.54) is 154 Å². The first-order chi connectivity index (χ1) is 32.8. The average Bonchev–Trinajstić information content (AvgIpc) is 3.79. The molecule has 4 aliphatic carbocycles. The monoisotopic (exact) mass is 937 g/mol. The number of aryl methyl sites for hydroxylation is 1. The fourth-order valence-electron chi connectivity index (χ4n) is 14.9. The van der Waals surface area contributed by atoms with Crippen LogP contribution in [0, 0.1) is 6.92 Å². The van der Waals surface area contributed by atoms with Crippen LogP contribution in [-0.4, -0.2) is 6.71 Å². The fraction of sp³-hybridized carbons (Fsp3) is 0.424. The van der Waals surface area contributed by atoms with Crippen LogP contribution in [0.15, 0.2) is 97.1 Å². The molecule has 0 atom stereocenters. The topological polar surface area (TPSA) is 6.48 Å². The highest BCUT2D eigenvalue weighted by atomic mass is 32.1. The Kier molecular flexibility index (Phi) is 8.91. The van der Waals surface area contributed by atoms with E-state index in [9.17, 15) is 0 Å². The lowest BCUT2D eigenvalue weighted by atomic mass is 9.35. The smallest absolute Gasteiger partial charge is 0.264 e. The summed E-state index contributed by atoms with van der Waals surface area (Å²) >= 11 is 2.09. The molecular weight excluding hydrogens is 864 g/mol. The molecule has 4 heteroatoms. The summed E-state index contributed by atoms with van der Waals surface area (Å²) in [6, 6.07) is 39.9. The second-order valence-corrected chi connectivity index (χ2v) is 28.5. The maximum Gasteiger partial charge on any atom is 0.264 e. The first kappa shape index (κ1) is 44.9. The van der Waals surface area contributed by atoms with Gasteiger partial charge in [0.1, 0.15) is 0 Å². The predicted molar refractivity (Wildman–Crippen MR) is 304 cm³/mol. The number of thiophene rings is 1. The van der Waals surface area contributed by atoms with Gasteiger partial charge in [0.05, 0.1) is 11.4 Å². The van der Waals surface area contributed by atoms with Gasteiger partial charge < -0.3 is 9.80 Å². The van der Waals surface area contributed by atoms with Gasteiger partial charge in [-0.3, -0.25) is 0 Å². The number of hydrogen-bond donors (Lipinski definition) is 0. The molecule has 2 aliphatic heterocycles. The van der Waals surface area contributed by atoms with E-state index in [4.69, 9.17) is 0 Å². The second kappa shape index (κ2) is 13.9. The number of hydrogen-bond acceptors (Lipinski definition) is 3. The van der Waals surface area contributed by atoms with Crippen LogP contribution in [0.2, 0.25) is 0 Å². The van der Waals surface area contributed by atoms with Crippen LogP contribution in [0.4, 0.5) is 34.1 Å². The number of fused-ring (bicyclic) bond motifs is 12. The molecule has 0 amide bonds. The molecule has 0 saturated carbocycles. The molecular formula is C66H73BN2S. The number of rotatable bonds is 2. The normalized spacial score (nSPS) is 21.4. The van der Waals surface area contributed by atoms with Gasteiger partial charge in [0, 0.05) is 48.6 Å². The summed E-state index contributed by atoms with van der Waals surface area (Å²) in [4.78, 5) is 5.52. The van der Waals surface area contributed by atoms with Crippen LogP contribution < -0.4 is 25.5 Å². The van der Waals surface area contributed by atoms with Crippen molar-refractivity contribution in [2.45, 2.75) is 180 Å². The Morgan fingerprint density at radius 3 is 1.61 bits per heavy atom. The fourth-order valence-corrected chi connectivity index (χ4v) is 16.2. The molecule has 6 aliphatic rings. The van der Waals surface area contributed by atoms with E-state index in [1.54, 1.807) is 5.56 Å². The van der Waals surface area contributed by atoms with Crippen molar-refractivity contribution in [2.24, 2.45) is 0 Å². The molecule has 70 heavy (non-hydrogen) atoms. The molecule has 7 aromatic rings. The van der Waals surface area contributed by atoms with Gasteiger partial charge in [0.25, 0.3) is 6.71 Å². The van der Waals surface area contributed by atoms with Gasteiger partial charge in [0.2, 0.25) is 0 Å². The standard InChI is InChI=1S/C66H73BN2S/c1-38-31-53-57-54(32-38)69(51-22-18-21-44-56(51)40-19-16-17-20-42(40)66(44,14)15)52-36-48-47(63(8,9)28-29-64(48,10)11)35-50(52)67(57)59-58(41-34-46-49(37-55(41)70-59)65(12,13)30-27-62(46,6)7)68(53)39-23-24-43-45(33-39)61(4,5)26-25-60(43,2)3/h16-24,31-37H,25-30H2,1-15H3. The predicted octanol–water partition coefficient (Wildman–Crippen LogP) is 16.6. The molecule has 6 aromatic carbocycles. The first-order valence-electron chi connectivity index (χ1n) is 26.8. The van der Waals surface area contributed by atoms with E-state index in [1.807, 2.05) is 0 Å². The first-order valence-corrected chi connectivity index (χ1v) is 27.6. The van der Waals surface area contributed by atoms with Gasteiger partial charge in [-0.2, -0.15) is 0 Å². The average molecular weight is 937 g/mol. The highest BCUT2D eigenvalue weighted by molar-refractivity contribution is 7.33. The van der Waals surface area contributed by atoms with Crippen molar-refractivity contribution in [3.8, 4) is 11.1 Å². The molecule has 0 spiro atoms. The Hall–Kier alpha value is -5.06. The molecule has 0 N–H and O–H groups in total. The van der Waals surface area contributed by atoms with E-state index in [0.717, 1.165) is 0 Å². The Morgan fingerprint density at radius 1 is 0.443 bits per heavy atom. The van der Waals surface area contributed by atoms with Gasteiger partial charge in [0.15, 0.2) is 0 Å². The summed E-state index contributed by atoms with van der Waals surface area (Å²) < 4.78 is 2.91. The summed E-state index contributed by atoms with van der Waals surface area (Å²) in [5, 5.41) is 1.42. The summed E-state index contributed by atoms with van der Waals surface area (Å²) in [6.45, 7) is 37.2. The highest BCUT2D eigenvalue weighted by Gasteiger charge is 2.50. The van der Waals surface area contributed by atoms with Crippen molar-refractivity contribution in [2.75, 3.05) is 9.80 Å². The lowest BCUT2D eigenvalue weighted by Crippen LogP contribution is -2.61. The Labute approximate surface area is 424 Å². The van der Waals surface area contributed by atoms with Crippen molar-refractivity contribution in [3.63, 3.8) is 0 Å². The molecule has 1 aromatic heterocycles. The van der Waals surface area contributed by atoms with Crippen molar-refractivity contribution in [1.82, 2.24) is 0 Å². The molecule has 0 radical (unpaired) electrons. The number of nitrogens with zero attached hydrogens (tertiary/aromatic N) is 2. The SMILES string of the molecule is Cc1cc2c3c(c1)N(c1ccc4c(c1)C(C)(C)CCC4(C)C)c1c(sc4cc5c(cc14)C(C)(C)CCC5(C)C)B3c1cc3c(cc1N2c1cccc2c1-c1ccccc1C2(C)C)C(C)(C)CCC3(C)C. The van der Waals surface area contributed by atoms with Crippen LogP contribution in [0.25, 0.3) is 21.2 Å². The quantitative estimate of drug-likeness (QED) is 0.159. The maximum atomic E-state index is 2.77. The van der Waals surface area contributed by atoms with Crippen LogP contribution in [-0.2, 0) is 37.9 Å². The third-order valence-electron chi connectivity index (χ3n) is 19.7. The molecule has 0 unspecified atom stereocenters. The van der Waals surface area contributed by atoms with Crippen LogP contribution in [0.3, 0.4) is 0 Å². The largest absolute Gasteiger partial charge is 0.311 e. The van der Waals surface area contributed by atoms with Gasteiger partial charge in [-0.05, 0) is 193 Å². The molecule has 3 heterocycles. The third-order valence-corrected chi connectivity index (χ3v) is 20.9. The Morgan fingerprint density at radius 2 is 0.971 bits per heavy atom. The third kappa shape index (κ3) is 5.92. The molecule has 356 valence electrons. The van der Waals surface area contributed by atoms with E-state index < -0.39 is 0 Å². The summed E-state index contributed by atoms with van der Waals surface area (Å²) in [5.74, 6) is 0. The lowest BCUT2D eigenvalue weighted by Gasteiger charge is -2.47. The van der Waals surface area contributed by atoms with Gasteiger partial charge >= 0.3 is 0 Å². The number of anilines is 6. The molecule has 0 bridgehead atoms. The summed E-state index contributed by atoms with van der Waals surface area (Å²) in [5.41, 5.74) is 27.3. The molecule has 0 fully saturated rings. The lowest BCUT2D eigenvalue weighted by molar-refractivity contribution is 0.332. The van der Waals surface area contributed by atoms with Crippen LogP contribution >= 0.6 is 11.3 Å². The zero-order chi connectivity index (χ0) is 49.2. The van der Waals surface area contributed by atoms with Gasteiger partial charge in [-0.15, -0.1) is 11.3 Å². The second-order valence-electron chi connectivity index (χ2n) is 27.4. The molecule has 2 nitrogen and oxygen atoms in total. The Bertz CT molecular complexity index is 3460. The van der Waals surface area contributed by atoms with Crippen molar-refractivity contribution >= 4 is 78.0 Å². The zero-order valence-electron chi connectivity index (χ0n) is 44.9. The van der Waals surface area contributed by atoms with E-state index in [-0.39, 0.29) is 44.6 Å². The maximum absolute atomic E-state index is 2.77. The minimum Gasteiger partial charge on any atom is -0.311 e. The zero-order valence-corrected chi connectivity index (χ0v) is 45.7. The summed E-state index contributed by atoms with van der Waals surface area (Å²) in [7, 11) is 0. The summed E-state index contributed by atoms with van der Waals surface area (Å²) in [6.07, 6.45) is 7.16. The molecule has 0 saturated heterocycles. The number of benzene rings is 6. The minimum atomic E-state index is -0.114. The molecule has 13 rings (SSSR count). The highest BCUT2D eigenvalue weighted by Crippen LogP contribution is 2.58. The van der Waals surface area contributed by atoms with Crippen molar-refractivity contribution < 1.29 is 0 Å². The van der Waals surface area contributed by atoms with Crippen molar-refractivity contribution in [1.29, 1.82) is 0 Å². The minimum absolute atomic E-state index is 0.0520. The van der Waals surface area contributed by atoms with E-state index in [0.29, 0.717) is 0 Å². The Balaban J connectivity index is 1.18. The van der Waals surface area contributed by atoms with Crippen LogP contribution in [0.5, 0.6) is 0 Å². The van der Waals surface area contributed by atoms with Crippen LogP contribution in [0.1, 0.15) is 186 Å². The van der Waals surface area contributed by atoms with Gasteiger partial charge in [-0.1, -0.05) is 145 Å². The van der Waals surface area contributed by atoms with E-state index >= 15 is 0 Å². The van der Waals surface area contributed by atoms with E-state index in [2.05, 4.69) is 222 Å². The van der Waals surface area contributed by atoms with Gasteiger partial charge in [-0.25, -0.2) is 0 Å².